The van der Waals surface area contributed by atoms with E-state index in [0.717, 1.165) is 18.4 Å². The quantitative estimate of drug-likeness (QED) is 0.769. The summed E-state index contributed by atoms with van der Waals surface area (Å²) in [5, 5.41) is 5.67. The number of hydrogen-bond acceptors (Lipinski definition) is 2. The number of carbonyl (C=O) groups excluding carboxylic acids is 2. The SMILES string of the molecule is CNC(=O)C1=CCN(C(=O)NC2CCCC2)CC1. The highest BCUT2D eigenvalue weighted by Gasteiger charge is 2.23. The number of nitrogens with one attached hydrogen (secondary N) is 2. The zero-order valence-corrected chi connectivity index (χ0v) is 10.9. The maximum Gasteiger partial charge on any atom is 0.317 e. The maximum absolute atomic E-state index is 12.0. The van der Waals surface area contributed by atoms with Gasteiger partial charge >= 0.3 is 6.03 Å². The van der Waals surface area contributed by atoms with Gasteiger partial charge in [-0.25, -0.2) is 4.79 Å². The van der Waals surface area contributed by atoms with Gasteiger partial charge in [0.2, 0.25) is 5.91 Å². The summed E-state index contributed by atoms with van der Waals surface area (Å²) in [5.74, 6) is -0.0362. The first-order valence-corrected chi connectivity index (χ1v) is 6.67. The standard InChI is InChI=1S/C13H21N3O2/c1-14-12(17)10-6-8-16(9-7-10)13(18)15-11-4-2-3-5-11/h6,11H,2-5,7-9H2,1H3,(H,14,17)(H,15,18). The van der Waals surface area contributed by atoms with E-state index in [4.69, 9.17) is 0 Å². The van der Waals surface area contributed by atoms with E-state index in [1.165, 1.54) is 12.8 Å². The lowest BCUT2D eigenvalue weighted by molar-refractivity contribution is -0.117. The van der Waals surface area contributed by atoms with Gasteiger partial charge < -0.3 is 15.5 Å². The maximum atomic E-state index is 12.0. The fourth-order valence-electron chi connectivity index (χ4n) is 2.56. The molecule has 2 rings (SSSR count). The minimum absolute atomic E-state index is 0.00843. The van der Waals surface area contributed by atoms with Gasteiger partial charge in [0.1, 0.15) is 0 Å². The first-order chi connectivity index (χ1) is 8.70. The van der Waals surface area contributed by atoms with E-state index >= 15 is 0 Å². The second-order valence-electron chi connectivity index (χ2n) is 4.94. The molecule has 3 amide bonds. The van der Waals surface area contributed by atoms with Crippen LogP contribution in [0.2, 0.25) is 0 Å². The Labute approximate surface area is 108 Å². The largest absolute Gasteiger partial charge is 0.355 e. The van der Waals surface area contributed by atoms with Crippen LogP contribution < -0.4 is 10.6 Å². The highest BCUT2D eigenvalue weighted by molar-refractivity contribution is 5.93. The van der Waals surface area contributed by atoms with Crippen molar-refractivity contribution < 1.29 is 9.59 Å². The second-order valence-corrected chi connectivity index (χ2v) is 4.94. The van der Waals surface area contributed by atoms with Crippen LogP contribution in [0.1, 0.15) is 32.1 Å². The predicted octanol–water partition coefficient (Wildman–Crippen LogP) is 1.02. The Morgan fingerprint density at radius 3 is 2.61 bits per heavy atom. The molecule has 0 spiro atoms. The van der Waals surface area contributed by atoms with Gasteiger partial charge in [0.15, 0.2) is 0 Å². The molecule has 1 fully saturated rings. The van der Waals surface area contributed by atoms with Crippen LogP contribution in [-0.2, 0) is 4.79 Å². The van der Waals surface area contributed by atoms with Gasteiger partial charge in [-0.1, -0.05) is 18.9 Å². The van der Waals surface area contributed by atoms with E-state index in [2.05, 4.69) is 10.6 Å². The zero-order chi connectivity index (χ0) is 13.0. The topological polar surface area (TPSA) is 61.4 Å². The third kappa shape index (κ3) is 3.03. The third-order valence-corrected chi connectivity index (χ3v) is 3.70. The smallest absolute Gasteiger partial charge is 0.317 e. The van der Waals surface area contributed by atoms with Crippen molar-refractivity contribution in [3.63, 3.8) is 0 Å². The molecule has 1 saturated carbocycles. The fraction of sp³-hybridized carbons (Fsp3) is 0.692. The molecule has 0 unspecified atom stereocenters. The molecule has 0 atom stereocenters. The van der Waals surface area contributed by atoms with E-state index in [1.807, 2.05) is 6.08 Å². The molecule has 0 aromatic rings. The van der Waals surface area contributed by atoms with Crippen molar-refractivity contribution in [3.8, 4) is 0 Å². The van der Waals surface area contributed by atoms with Gasteiger partial charge in [-0.15, -0.1) is 0 Å². The lowest BCUT2D eigenvalue weighted by atomic mass is 10.1. The molecule has 0 aromatic carbocycles. The summed E-state index contributed by atoms with van der Waals surface area (Å²) in [6.45, 7) is 1.15. The van der Waals surface area contributed by atoms with E-state index in [0.29, 0.717) is 25.6 Å². The molecule has 1 aliphatic heterocycles. The Morgan fingerprint density at radius 2 is 2.06 bits per heavy atom. The molecule has 5 nitrogen and oxygen atoms in total. The van der Waals surface area contributed by atoms with Gasteiger partial charge in [0.05, 0.1) is 0 Å². The van der Waals surface area contributed by atoms with Crippen LogP contribution in [-0.4, -0.2) is 43.0 Å². The summed E-state index contributed by atoms with van der Waals surface area (Å²) >= 11 is 0. The molecule has 0 saturated heterocycles. The van der Waals surface area contributed by atoms with E-state index < -0.39 is 0 Å². The van der Waals surface area contributed by atoms with E-state index in [1.54, 1.807) is 11.9 Å². The molecular weight excluding hydrogens is 230 g/mol. The molecule has 2 N–H and O–H groups in total. The minimum Gasteiger partial charge on any atom is -0.355 e. The molecule has 1 aliphatic carbocycles. The van der Waals surface area contributed by atoms with Crippen molar-refractivity contribution in [2.24, 2.45) is 0 Å². The van der Waals surface area contributed by atoms with Gasteiger partial charge in [0, 0.05) is 31.8 Å². The molecule has 18 heavy (non-hydrogen) atoms. The Balaban J connectivity index is 1.83. The Kier molecular flexibility index (Phi) is 4.23. The van der Waals surface area contributed by atoms with Gasteiger partial charge in [-0.2, -0.15) is 0 Å². The first-order valence-electron chi connectivity index (χ1n) is 6.67. The van der Waals surface area contributed by atoms with Crippen molar-refractivity contribution in [1.82, 2.24) is 15.5 Å². The molecule has 2 aliphatic rings. The molecule has 0 radical (unpaired) electrons. The molecule has 5 heteroatoms. The number of nitrogens with zero attached hydrogens (tertiary/aromatic N) is 1. The van der Waals surface area contributed by atoms with Crippen LogP contribution in [0.3, 0.4) is 0 Å². The third-order valence-electron chi connectivity index (χ3n) is 3.70. The van der Waals surface area contributed by atoms with Gasteiger partial charge in [-0.3, -0.25) is 4.79 Å². The Bertz CT molecular complexity index is 359. The molecule has 100 valence electrons. The number of carbonyl (C=O) groups is 2. The number of urea groups is 1. The van der Waals surface area contributed by atoms with Crippen LogP contribution >= 0.6 is 0 Å². The van der Waals surface area contributed by atoms with Crippen LogP contribution in [0.15, 0.2) is 11.6 Å². The molecule has 0 bridgehead atoms. The lowest BCUT2D eigenvalue weighted by Gasteiger charge is -2.27. The van der Waals surface area contributed by atoms with Gasteiger partial charge in [-0.05, 0) is 19.3 Å². The first kappa shape index (κ1) is 12.9. The summed E-state index contributed by atoms with van der Waals surface area (Å²) in [6, 6.07) is 0.357. The van der Waals surface area contributed by atoms with Crippen LogP contribution in [0.25, 0.3) is 0 Å². The number of rotatable bonds is 2. The van der Waals surface area contributed by atoms with Crippen molar-refractivity contribution in [3.05, 3.63) is 11.6 Å². The minimum atomic E-state index is -0.0362. The van der Waals surface area contributed by atoms with Crippen molar-refractivity contribution in [1.29, 1.82) is 0 Å². The van der Waals surface area contributed by atoms with Crippen molar-refractivity contribution >= 4 is 11.9 Å². The summed E-state index contributed by atoms with van der Waals surface area (Å²) in [5.41, 5.74) is 0.780. The number of likely N-dealkylation sites (N-methyl/N-ethyl adjacent to an activating group) is 1. The second kappa shape index (κ2) is 5.89. The lowest BCUT2D eigenvalue weighted by Crippen LogP contribution is -2.46. The predicted molar refractivity (Wildman–Crippen MR) is 69.1 cm³/mol. The number of hydrogen-bond donors (Lipinski definition) is 2. The van der Waals surface area contributed by atoms with E-state index in [-0.39, 0.29) is 11.9 Å². The zero-order valence-electron chi connectivity index (χ0n) is 10.9. The Hall–Kier alpha value is -1.52. The average Bonchev–Trinajstić information content (AvgIpc) is 2.91. The normalized spacial score (nSPS) is 20.5. The summed E-state index contributed by atoms with van der Waals surface area (Å²) in [7, 11) is 1.63. The molecule has 1 heterocycles. The average molecular weight is 251 g/mol. The Morgan fingerprint density at radius 1 is 1.33 bits per heavy atom. The molecule has 0 aromatic heterocycles. The van der Waals surface area contributed by atoms with Crippen molar-refractivity contribution in [2.75, 3.05) is 20.1 Å². The van der Waals surface area contributed by atoms with Crippen LogP contribution in [0, 0.1) is 0 Å². The van der Waals surface area contributed by atoms with Gasteiger partial charge in [0.25, 0.3) is 0 Å². The molecular formula is C13H21N3O2. The highest BCUT2D eigenvalue weighted by Crippen LogP contribution is 2.18. The number of amides is 3. The highest BCUT2D eigenvalue weighted by atomic mass is 16.2. The van der Waals surface area contributed by atoms with Crippen LogP contribution in [0.4, 0.5) is 4.79 Å². The van der Waals surface area contributed by atoms with Crippen molar-refractivity contribution in [2.45, 2.75) is 38.1 Å². The summed E-state index contributed by atoms with van der Waals surface area (Å²) < 4.78 is 0. The van der Waals surface area contributed by atoms with E-state index in [9.17, 15) is 9.59 Å². The summed E-state index contributed by atoms with van der Waals surface area (Å²) in [6.07, 6.45) is 7.10. The van der Waals surface area contributed by atoms with Crippen LogP contribution in [0.5, 0.6) is 0 Å². The monoisotopic (exact) mass is 251 g/mol. The fourth-order valence-corrected chi connectivity index (χ4v) is 2.56. The summed E-state index contributed by atoms with van der Waals surface area (Å²) in [4.78, 5) is 25.2.